The van der Waals surface area contributed by atoms with Gasteiger partial charge in [0.05, 0.1) is 12.0 Å². The third-order valence-electron chi connectivity index (χ3n) is 6.13. The number of aliphatic hydroxyl groups excluding tert-OH is 1. The van der Waals surface area contributed by atoms with Crippen LogP contribution in [-0.4, -0.2) is 40.2 Å². The minimum absolute atomic E-state index is 0.135. The van der Waals surface area contributed by atoms with Crippen molar-refractivity contribution >= 4 is 23.5 Å². The lowest BCUT2D eigenvalue weighted by atomic mass is 9.51. The Morgan fingerprint density at radius 2 is 2.13 bits per heavy atom. The Bertz CT molecular complexity index is 571. The van der Waals surface area contributed by atoms with Crippen LogP contribution in [0.15, 0.2) is 12.2 Å². The Morgan fingerprint density at radius 3 is 2.74 bits per heavy atom. The Kier molecular flexibility index (Phi) is 3.80. The molecule has 3 fully saturated rings. The highest BCUT2D eigenvalue weighted by molar-refractivity contribution is 6.24. The number of ether oxygens (including phenoxy) is 2. The number of aliphatic hydroxyl groups is 1. The molecule has 7 atom stereocenters. The fourth-order valence-electron chi connectivity index (χ4n) is 4.90. The molecule has 0 aromatic heterocycles. The second kappa shape index (κ2) is 5.21. The van der Waals surface area contributed by atoms with Crippen molar-refractivity contribution in [3.05, 3.63) is 12.2 Å². The van der Waals surface area contributed by atoms with Crippen LogP contribution in [0.5, 0.6) is 0 Å². The Morgan fingerprint density at radius 1 is 1.48 bits per heavy atom. The molecule has 128 valence electrons. The summed E-state index contributed by atoms with van der Waals surface area (Å²) in [6.07, 6.45) is 0.0120. The maximum atomic E-state index is 12.1. The van der Waals surface area contributed by atoms with Crippen molar-refractivity contribution in [3.63, 3.8) is 0 Å². The molecule has 0 aromatic carbocycles. The molecule has 0 bridgehead atoms. The van der Waals surface area contributed by atoms with Crippen LogP contribution in [0.3, 0.4) is 0 Å². The molecular weight excluding hydrogens is 320 g/mol. The number of rotatable bonds is 1. The number of carbonyl (C=O) groups excluding carboxylic acids is 2. The Labute approximate surface area is 141 Å². The molecule has 0 radical (unpaired) electrons. The first-order valence-electron chi connectivity index (χ1n) is 8.03. The number of alkyl halides is 1. The van der Waals surface area contributed by atoms with Crippen LogP contribution in [0, 0.1) is 17.3 Å². The SMILES string of the molecule is C=C1C(=O)OC2C1C(OC(C)=O)CC1C(C)(Cl)CCC(O)C21C. The summed E-state index contributed by atoms with van der Waals surface area (Å²) in [6.45, 7) is 9.04. The normalized spacial score (nSPS) is 49.2. The van der Waals surface area contributed by atoms with Crippen LogP contribution in [0.25, 0.3) is 0 Å². The van der Waals surface area contributed by atoms with E-state index in [1.807, 2.05) is 13.8 Å². The van der Waals surface area contributed by atoms with Gasteiger partial charge in [-0.25, -0.2) is 4.79 Å². The van der Waals surface area contributed by atoms with Crippen molar-refractivity contribution in [2.24, 2.45) is 17.3 Å². The minimum Gasteiger partial charge on any atom is -0.462 e. The van der Waals surface area contributed by atoms with Gasteiger partial charge < -0.3 is 14.6 Å². The monoisotopic (exact) mass is 342 g/mol. The van der Waals surface area contributed by atoms with Gasteiger partial charge in [0.1, 0.15) is 12.2 Å². The summed E-state index contributed by atoms with van der Waals surface area (Å²) >= 11 is 6.75. The van der Waals surface area contributed by atoms with Gasteiger partial charge in [0.25, 0.3) is 0 Å². The number of hydrogen-bond donors (Lipinski definition) is 1. The summed E-state index contributed by atoms with van der Waals surface area (Å²) < 4.78 is 11.1. The first-order valence-corrected chi connectivity index (χ1v) is 8.40. The molecule has 3 aliphatic rings. The second-order valence-corrected chi connectivity index (χ2v) is 8.38. The van der Waals surface area contributed by atoms with E-state index in [-0.39, 0.29) is 5.92 Å². The van der Waals surface area contributed by atoms with E-state index in [2.05, 4.69) is 6.58 Å². The molecule has 0 spiro atoms. The van der Waals surface area contributed by atoms with Gasteiger partial charge in [-0.2, -0.15) is 0 Å². The summed E-state index contributed by atoms with van der Waals surface area (Å²) in [5.41, 5.74) is -0.361. The standard InChI is InChI=1S/C17H23ClO5/c1-8-13-10(22-9(2)19)7-11-16(3,18)6-5-12(20)17(11,4)14(13)23-15(8)21/h10-14,20H,1,5-7H2,2-4H3. The van der Waals surface area contributed by atoms with E-state index in [0.29, 0.717) is 24.8 Å². The zero-order valence-electron chi connectivity index (χ0n) is 13.7. The Hall–Kier alpha value is -1.07. The van der Waals surface area contributed by atoms with Gasteiger partial charge in [-0.1, -0.05) is 13.5 Å². The summed E-state index contributed by atoms with van der Waals surface area (Å²) in [5, 5.41) is 10.7. The fraction of sp³-hybridized carbons (Fsp3) is 0.765. The van der Waals surface area contributed by atoms with Crippen molar-refractivity contribution in [2.45, 2.75) is 63.2 Å². The van der Waals surface area contributed by atoms with Gasteiger partial charge in [0, 0.05) is 22.8 Å². The van der Waals surface area contributed by atoms with Gasteiger partial charge in [-0.15, -0.1) is 11.6 Å². The topological polar surface area (TPSA) is 72.8 Å². The average Bonchev–Trinajstić information content (AvgIpc) is 2.74. The van der Waals surface area contributed by atoms with Crippen molar-refractivity contribution in [1.82, 2.24) is 0 Å². The second-order valence-electron chi connectivity index (χ2n) is 7.51. The van der Waals surface area contributed by atoms with Crippen molar-refractivity contribution in [2.75, 3.05) is 0 Å². The van der Waals surface area contributed by atoms with E-state index in [0.717, 1.165) is 0 Å². The first-order chi connectivity index (χ1) is 10.6. The Balaban J connectivity index is 2.07. The number of esters is 2. The molecule has 1 aliphatic heterocycles. The van der Waals surface area contributed by atoms with Crippen LogP contribution >= 0.6 is 11.6 Å². The van der Waals surface area contributed by atoms with Gasteiger partial charge in [0.2, 0.25) is 0 Å². The minimum atomic E-state index is -0.675. The predicted octanol–water partition coefficient (Wildman–Crippen LogP) is 2.19. The third-order valence-corrected chi connectivity index (χ3v) is 6.58. The van der Waals surface area contributed by atoms with Crippen LogP contribution in [0.1, 0.15) is 40.0 Å². The van der Waals surface area contributed by atoms with E-state index in [1.54, 1.807) is 0 Å². The van der Waals surface area contributed by atoms with E-state index in [9.17, 15) is 14.7 Å². The third kappa shape index (κ3) is 2.31. The maximum absolute atomic E-state index is 12.1. The van der Waals surface area contributed by atoms with E-state index in [4.69, 9.17) is 21.1 Å². The highest BCUT2D eigenvalue weighted by atomic mass is 35.5. The van der Waals surface area contributed by atoms with Gasteiger partial charge in [-0.3, -0.25) is 4.79 Å². The predicted molar refractivity (Wildman–Crippen MR) is 83.8 cm³/mol. The van der Waals surface area contributed by atoms with E-state index < -0.39 is 46.5 Å². The quantitative estimate of drug-likeness (QED) is 0.449. The molecule has 5 nitrogen and oxygen atoms in total. The molecule has 1 heterocycles. The van der Waals surface area contributed by atoms with Gasteiger partial charge >= 0.3 is 11.9 Å². The molecule has 7 unspecified atom stereocenters. The zero-order chi connectivity index (χ0) is 17.2. The lowest BCUT2D eigenvalue weighted by molar-refractivity contribution is -0.199. The highest BCUT2D eigenvalue weighted by Crippen LogP contribution is 2.61. The van der Waals surface area contributed by atoms with E-state index >= 15 is 0 Å². The molecule has 2 saturated carbocycles. The molecule has 1 N–H and O–H groups in total. The first kappa shape index (κ1) is 16.8. The number of fused-ring (bicyclic) bond motifs is 3. The number of carbonyl (C=O) groups is 2. The van der Waals surface area contributed by atoms with E-state index in [1.165, 1.54) is 6.92 Å². The smallest absolute Gasteiger partial charge is 0.334 e. The molecule has 0 aromatic rings. The van der Waals surface area contributed by atoms with Crippen LogP contribution in [0.2, 0.25) is 0 Å². The van der Waals surface area contributed by atoms with Crippen LogP contribution in [-0.2, 0) is 19.1 Å². The lowest BCUT2D eigenvalue weighted by Gasteiger charge is -2.58. The molecule has 0 amide bonds. The van der Waals surface area contributed by atoms with Crippen LogP contribution in [0.4, 0.5) is 0 Å². The largest absolute Gasteiger partial charge is 0.462 e. The number of halogens is 1. The van der Waals surface area contributed by atoms with Gasteiger partial charge in [0.15, 0.2) is 0 Å². The molecule has 2 aliphatic carbocycles. The van der Waals surface area contributed by atoms with Crippen molar-refractivity contribution in [3.8, 4) is 0 Å². The van der Waals surface area contributed by atoms with Gasteiger partial charge in [-0.05, 0) is 32.1 Å². The molecular formula is C17H23ClO5. The average molecular weight is 343 g/mol. The maximum Gasteiger partial charge on any atom is 0.334 e. The zero-order valence-corrected chi connectivity index (χ0v) is 14.4. The summed E-state index contributed by atoms with van der Waals surface area (Å²) in [7, 11) is 0. The molecule has 3 rings (SSSR count). The molecule has 1 saturated heterocycles. The highest BCUT2D eigenvalue weighted by Gasteiger charge is 2.67. The number of hydrogen-bond acceptors (Lipinski definition) is 5. The molecule has 23 heavy (non-hydrogen) atoms. The molecule has 6 heteroatoms. The van der Waals surface area contributed by atoms with Crippen molar-refractivity contribution in [1.29, 1.82) is 0 Å². The summed E-state index contributed by atoms with van der Waals surface area (Å²) in [6, 6.07) is 0. The van der Waals surface area contributed by atoms with Crippen LogP contribution < -0.4 is 0 Å². The van der Waals surface area contributed by atoms with Crippen molar-refractivity contribution < 1.29 is 24.2 Å². The summed E-state index contributed by atoms with van der Waals surface area (Å²) in [5.74, 6) is -1.44. The summed E-state index contributed by atoms with van der Waals surface area (Å²) in [4.78, 5) is 23.0. The fourth-order valence-corrected chi connectivity index (χ4v) is 5.34. The lowest BCUT2D eigenvalue weighted by Crippen LogP contribution is -2.64.